The molecule has 9 heteroatoms. The van der Waals surface area contributed by atoms with Crippen LogP contribution >= 0.6 is 0 Å². The molecule has 4 aromatic rings. The highest BCUT2D eigenvalue weighted by Gasteiger charge is 2.32. The van der Waals surface area contributed by atoms with Gasteiger partial charge in [0.15, 0.2) is 5.82 Å². The Labute approximate surface area is 171 Å². The fraction of sp³-hybridized carbons (Fsp3) is 0.190. The highest BCUT2D eigenvalue weighted by Crippen LogP contribution is 2.34. The van der Waals surface area contributed by atoms with Crippen LogP contribution in [0.1, 0.15) is 19.3 Å². The van der Waals surface area contributed by atoms with Gasteiger partial charge in [0.2, 0.25) is 0 Å². The van der Waals surface area contributed by atoms with Crippen molar-refractivity contribution in [1.82, 2.24) is 20.3 Å². The van der Waals surface area contributed by atoms with Crippen LogP contribution in [0.15, 0.2) is 59.4 Å². The number of fused-ring (bicyclic) bond motifs is 1. The van der Waals surface area contributed by atoms with E-state index in [1.54, 1.807) is 29.3 Å². The minimum absolute atomic E-state index is 0.0426. The van der Waals surface area contributed by atoms with Crippen molar-refractivity contribution in [2.45, 2.75) is 25.3 Å². The average Bonchev–Trinajstić information content (AvgIpc) is 3.20. The second-order valence-corrected chi connectivity index (χ2v) is 7.18. The van der Waals surface area contributed by atoms with E-state index in [1.807, 2.05) is 30.3 Å². The van der Waals surface area contributed by atoms with Gasteiger partial charge in [-0.05, 0) is 66.0 Å². The van der Waals surface area contributed by atoms with Gasteiger partial charge in [-0.2, -0.15) is 0 Å². The number of carbonyl (C=O) groups excluding carboxylic acids is 1. The maximum atomic E-state index is 13.1. The predicted molar refractivity (Wildman–Crippen MR) is 113 cm³/mol. The molecular weight excluding hydrogens is 382 g/mol. The van der Waals surface area contributed by atoms with E-state index in [4.69, 9.17) is 15.3 Å². The van der Waals surface area contributed by atoms with Crippen molar-refractivity contribution in [2.75, 3.05) is 16.0 Å². The van der Waals surface area contributed by atoms with Gasteiger partial charge in [0.25, 0.3) is 0 Å². The number of amides is 2. The van der Waals surface area contributed by atoms with Crippen molar-refractivity contribution in [3.63, 3.8) is 0 Å². The van der Waals surface area contributed by atoms with Crippen LogP contribution in [0.25, 0.3) is 22.3 Å². The fourth-order valence-corrected chi connectivity index (χ4v) is 3.44. The lowest BCUT2D eigenvalue weighted by Crippen LogP contribution is -2.47. The summed E-state index contributed by atoms with van der Waals surface area (Å²) in [4.78, 5) is 23.7. The van der Waals surface area contributed by atoms with Gasteiger partial charge in [0.05, 0.1) is 11.4 Å². The summed E-state index contributed by atoms with van der Waals surface area (Å²) in [7, 11) is 0. The Morgan fingerprint density at radius 3 is 2.73 bits per heavy atom. The number of pyridine rings is 2. The van der Waals surface area contributed by atoms with Crippen molar-refractivity contribution in [1.29, 1.82) is 0 Å². The molecular formula is C21H19N7O2. The second kappa shape index (κ2) is 7.43. The molecule has 3 aromatic heterocycles. The van der Waals surface area contributed by atoms with E-state index in [0.29, 0.717) is 34.1 Å². The highest BCUT2D eigenvalue weighted by molar-refractivity contribution is 6.03. The van der Waals surface area contributed by atoms with Crippen LogP contribution in [0.3, 0.4) is 0 Å². The number of aromatic nitrogens is 4. The number of hydrogen-bond acceptors (Lipinski definition) is 7. The van der Waals surface area contributed by atoms with Gasteiger partial charge in [-0.15, -0.1) is 0 Å². The molecule has 0 unspecified atom stereocenters. The molecule has 1 aliphatic carbocycles. The Balaban J connectivity index is 1.52. The summed E-state index contributed by atoms with van der Waals surface area (Å²) < 4.78 is 4.77. The summed E-state index contributed by atoms with van der Waals surface area (Å²) >= 11 is 0. The van der Waals surface area contributed by atoms with E-state index in [2.05, 4.69) is 20.6 Å². The van der Waals surface area contributed by atoms with Crippen LogP contribution < -0.4 is 16.0 Å². The maximum Gasteiger partial charge on any atom is 0.328 e. The molecule has 0 bridgehead atoms. The van der Waals surface area contributed by atoms with Gasteiger partial charge in [0, 0.05) is 17.8 Å². The van der Waals surface area contributed by atoms with E-state index in [0.717, 1.165) is 24.8 Å². The number of nitrogens with zero attached hydrogens (tertiary/aromatic N) is 5. The highest BCUT2D eigenvalue weighted by atomic mass is 16.6. The first-order valence-corrected chi connectivity index (χ1v) is 9.69. The van der Waals surface area contributed by atoms with Crippen molar-refractivity contribution < 1.29 is 9.42 Å². The number of carbonyl (C=O) groups is 1. The normalized spacial score (nSPS) is 13.7. The van der Waals surface area contributed by atoms with Crippen LogP contribution in [0, 0.1) is 0 Å². The van der Waals surface area contributed by atoms with E-state index in [-0.39, 0.29) is 12.1 Å². The van der Waals surface area contributed by atoms with E-state index in [1.165, 1.54) is 0 Å². The van der Waals surface area contributed by atoms with Gasteiger partial charge < -0.3 is 5.73 Å². The Morgan fingerprint density at radius 1 is 1.10 bits per heavy atom. The summed E-state index contributed by atoms with van der Waals surface area (Å²) in [6.07, 6.45) is 4.49. The topological polar surface area (TPSA) is 123 Å². The lowest BCUT2D eigenvalue weighted by Gasteiger charge is -2.37. The minimum atomic E-state index is -0.300. The molecule has 150 valence electrons. The summed E-state index contributed by atoms with van der Waals surface area (Å²) in [5.41, 5.74) is 9.50. The second-order valence-electron chi connectivity index (χ2n) is 7.18. The number of urea groups is 1. The number of benzene rings is 1. The van der Waals surface area contributed by atoms with Crippen LogP contribution in [0.5, 0.6) is 0 Å². The molecule has 9 nitrogen and oxygen atoms in total. The smallest absolute Gasteiger partial charge is 0.328 e. The average molecular weight is 401 g/mol. The Morgan fingerprint density at radius 2 is 1.97 bits per heavy atom. The number of nitrogen functional groups attached to an aromatic ring is 1. The van der Waals surface area contributed by atoms with Gasteiger partial charge in [-0.25, -0.2) is 19.4 Å². The quantitative estimate of drug-likeness (QED) is 0.532. The number of nitrogens with one attached hydrogen (secondary N) is 1. The van der Waals surface area contributed by atoms with Crippen LogP contribution in [0.2, 0.25) is 0 Å². The fourth-order valence-electron chi connectivity index (χ4n) is 3.44. The number of hydrogen-bond donors (Lipinski definition) is 2. The molecule has 30 heavy (non-hydrogen) atoms. The SMILES string of the molecule is Nc1ccc(-c2ccc3nonc3c2)nc1N(C(=O)Nc1ccccn1)C1CCC1. The molecule has 0 spiro atoms. The third kappa shape index (κ3) is 3.30. The Bertz CT molecular complexity index is 1200. The summed E-state index contributed by atoms with van der Waals surface area (Å²) in [6.45, 7) is 0. The number of anilines is 3. The zero-order chi connectivity index (χ0) is 20.5. The van der Waals surface area contributed by atoms with Crippen molar-refractivity contribution in [2.24, 2.45) is 0 Å². The maximum absolute atomic E-state index is 13.1. The molecule has 1 fully saturated rings. The number of nitrogens with two attached hydrogens (primary N) is 1. The molecule has 0 atom stereocenters. The van der Waals surface area contributed by atoms with E-state index >= 15 is 0 Å². The zero-order valence-corrected chi connectivity index (χ0v) is 16.0. The Hall–Kier alpha value is -4.01. The standard InChI is InChI=1S/C21H19N7O2/c22-15-8-10-16(13-7-9-17-18(12-13)27-30-26-17)24-20(15)28(14-4-3-5-14)21(29)25-19-6-1-2-11-23-19/h1-2,6-12,14H,3-5,22H2,(H,23,25,29). The molecule has 0 aliphatic heterocycles. The van der Waals surface area contributed by atoms with Crippen LogP contribution in [0.4, 0.5) is 22.1 Å². The van der Waals surface area contributed by atoms with Crippen LogP contribution in [-0.2, 0) is 0 Å². The van der Waals surface area contributed by atoms with Crippen LogP contribution in [-0.4, -0.2) is 32.4 Å². The first-order valence-electron chi connectivity index (χ1n) is 9.69. The largest absolute Gasteiger partial charge is 0.396 e. The van der Waals surface area contributed by atoms with E-state index < -0.39 is 0 Å². The predicted octanol–water partition coefficient (Wildman–Crippen LogP) is 3.85. The zero-order valence-electron chi connectivity index (χ0n) is 16.0. The lowest BCUT2D eigenvalue weighted by molar-refractivity contribution is 0.249. The van der Waals surface area contributed by atoms with Crippen molar-refractivity contribution >= 4 is 34.4 Å². The molecule has 2 amide bonds. The monoisotopic (exact) mass is 401 g/mol. The molecule has 5 rings (SSSR count). The molecule has 0 saturated heterocycles. The van der Waals surface area contributed by atoms with Gasteiger partial charge >= 0.3 is 6.03 Å². The van der Waals surface area contributed by atoms with Gasteiger partial charge in [-0.3, -0.25) is 10.2 Å². The first kappa shape index (κ1) is 18.0. The minimum Gasteiger partial charge on any atom is -0.396 e. The summed E-state index contributed by atoms with van der Waals surface area (Å²) in [5.74, 6) is 0.912. The van der Waals surface area contributed by atoms with Gasteiger partial charge in [0.1, 0.15) is 16.9 Å². The summed E-state index contributed by atoms with van der Waals surface area (Å²) in [6, 6.07) is 14.2. The molecule has 1 aliphatic rings. The molecule has 3 heterocycles. The first-order chi connectivity index (χ1) is 14.7. The van der Waals surface area contributed by atoms with Crippen molar-refractivity contribution in [3.05, 3.63) is 54.7 Å². The lowest BCUT2D eigenvalue weighted by atomic mass is 9.91. The summed E-state index contributed by atoms with van der Waals surface area (Å²) in [5, 5.41) is 10.6. The Kier molecular flexibility index (Phi) is 4.47. The van der Waals surface area contributed by atoms with Gasteiger partial charge in [-0.1, -0.05) is 12.1 Å². The molecule has 0 radical (unpaired) electrons. The van der Waals surface area contributed by atoms with Crippen molar-refractivity contribution in [3.8, 4) is 11.3 Å². The third-order valence-electron chi connectivity index (χ3n) is 5.24. The van der Waals surface area contributed by atoms with E-state index in [9.17, 15) is 4.79 Å². The molecule has 1 saturated carbocycles. The number of rotatable bonds is 4. The molecule has 1 aromatic carbocycles. The molecule has 3 N–H and O–H groups in total. The third-order valence-corrected chi connectivity index (χ3v) is 5.24.